The highest BCUT2D eigenvalue weighted by molar-refractivity contribution is 7.99. The lowest BCUT2D eigenvalue weighted by atomic mass is 9.96. The molecule has 1 nitrogen and oxygen atoms in total. The van der Waals surface area contributed by atoms with Gasteiger partial charge in [0.2, 0.25) is 0 Å². The van der Waals surface area contributed by atoms with Crippen LogP contribution in [0.15, 0.2) is 66.2 Å². The second-order valence-electron chi connectivity index (χ2n) is 7.12. The van der Waals surface area contributed by atoms with Crippen LogP contribution < -0.4 is 0 Å². The number of benzene rings is 3. The molecule has 0 aliphatic heterocycles. The van der Waals surface area contributed by atoms with Gasteiger partial charge in [-0.05, 0) is 53.6 Å². The van der Waals surface area contributed by atoms with Gasteiger partial charge in [-0.3, -0.25) is 0 Å². The highest BCUT2D eigenvalue weighted by Gasteiger charge is 2.24. The molecule has 128 valence electrons. The molecule has 26 heavy (non-hydrogen) atoms. The van der Waals surface area contributed by atoms with Crippen molar-refractivity contribution in [2.45, 2.75) is 12.2 Å². The van der Waals surface area contributed by atoms with E-state index in [0.29, 0.717) is 5.25 Å². The van der Waals surface area contributed by atoms with Gasteiger partial charge in [0.25, 0.3) is 0 Å². The lowest BCUT2D eigenvalue weighted by Gasteiger charge is -2.13. The van der Waals surface area contributed by atoms with Crippen LogP contribution in [0.2, 0.25) is 0 Å². The summed E-state index contributed by atoms with van der Waals surface area (Å²) in [5.74, 6) is 0. The lowest BCUT2D eigenvalue weighted by molar-refractivity contribution is 1.01. The molecular weight excluding hydrogens is 334 g/mol. The van der Waals surface area contributed by atoms with E-state index in [1.54, 1.807) is 0 Å². The lowest BCUT2D eigenvalue weighted by Crippen LogP contribution is -1.92. The molecule has 1 aromatic heterocycles. The van der Waals surface area contributed by atoms with Gasteiger partial charge in [-0.25, -0.2) is 0 Å². The molecule has 0 amide bonds. The van der Waals surface area contributed by atoms with Gasteiger partial charge in [-0.1, -0.05) is 54.1 Å². The average Bonchev–Trinajstić information content (AvgIpc) is 3.15. The van der Waals surface area contributed by atoms with Gasteiger partial charge in [0.05, 0.1) is 5.25 Å². The summed E-state index contributed by atoms with van der Waals surface area (Å²) in [6, 6.07) is 22.3. The van der Waals surface area contributed by atoms with Crippen LogP contribution in [0.3, 0.4) is 0 Å². The van der Waals surface area contributed by atoms with Crippen molar-refractivity contribution < 1.29 is 0 Å². The van der Waals surface area contributed by atoms with E-state index in [1.165, 1.54) is 49.6 Å². The summed E-state index contributed by atoms with van der Waals surface area (Å²) in [4.78, 5) is 0. The highest BCUT2D eigenvalue weighted by Crippen LogP contribution is 2.46. The number of rotatable bonds is 2. The van der Waals surface area contributed by atoms with Crippen molar-refractivity contribution in [3.05, 3.63) is 77.4 Å². The molecule has 1 heterocycles. The maximum Gasteiger partial charge on any atom is 0.0510 e. The van der Waals surface area contributed by atoms with Crippen LogP contribution in [0, 0.1) is 0 Å². The standard InChI is InChI=1S/C24H21NS/c1-15-13-20-17(8-6-9-19(20)24(15)26-3)16-11-12-23-21(14-16)18-7-4-5-10-22(18)25(23)2/h4-14,24H,1-3H3. The van der Waals surface area contributed by atoms with E-state index in [1.807, 2.05) is 11.8 Å². The van der Waals surface area contributed by atoms with Gasteiger partial charge in [0.1, 0.15) is 0 Å². The summed E-state index contributed by atoms with van der Waals surface area (Å²) < 4.78 is 2.29. The molecule has 0 saturated carbocycles. The number of fused-ring (bicyclic) bond motifs is 4. The van der Waals surface area contributed by atoms with E-state index in [4.69, 9.17) is 0 Å². The smallest absolute Gasteiger partial charge is 0.0510 e. The van der Waals surface area contributed by atoms with E-state index in [-0.39, 0.29) is 0 Å². The second-order valence-corrected chi connectivity index (χ2v) is 8.06. The Balaban J connectivity index is 1.77. The number of nitrogens with zero attached hydrogens (tertiary/aromatic N) is 1. The number of hydrogen-bond donors (Lipinski definition) is 0. The predicted molar refractivity (Wildman–Crippen MR) is 116 cm³/mol. The molecule has 4 aromatic rings. The average molecular weight is 356 g/mol. The normalized spacial score (nSPS) is 16.3. The van der Waals surface area contributed by atoms with Crippen LogP contribution in [-0.2, 0) is 7.05 Å². The summed E-state index contributed by atoms with van der Waals surface area (Å²) in [5.41, 5.74) is 9.51. The summed E-state index contributed by atoms with van der Waals surface area (Å²) in [6.45, 7) is 2.25. The van der Waals surface area contributed by atoms with Gasteiger partial charge in [0.15, 0.2) is 0 Å². The van der Waals surface area contributed by atoms with Crippen LogP contribution >= 0.6 is 11.8 Å². The fourth-order valence-corrected chi connectivity index (χ4v) is 5.32. The highest BCUT2D eigenvalue weighted by atomic mass is 32.2. The number of para-hydroxylation sites is 1. The third-order valence-corrected chi connectivity index (χ3v) is 6.77. The summed E-state index contributed by atoms with van der Waals surface area (Å²) in [5, 5.41) is 3.15. The minimum Gasteiger partial charge on any atom is -0.344 e. The first-order valence-corrected chi connectivity index (χ1v) is 10.3. The first-order valence-electron chi connectivity index (χ1n) is 9.00. The SMILES string of the molecule is CSC1C(C)=Cc2c(-c3ccc4c(c3)c3ccccc3n4C)cccc21. The molecule has 0 bridgehead atoms. The molecular formula is C24H21NS. The Kier molecular flexibility index (Phi) is 3.51. The second kappa shape index (κ2) is 5.78. The molecule has 3 aromatic carbocycles. The van der Waals surface area contributed by atoms with E-state index in [0.717, 1.165) is 0 Å². The van der Waals surface area contributed by atoms with Gasteiger partial charge in [-0.2, -0.15) is 11.8 Å². The summed E-state index contributed by atoms with van der Waals surface area (Å²) >= 11 is 1.92. The van der Waals surface area contributed by atoms with E-state index < -0.39 is 0 Å². The predicted octanol–water partition coefficient (Wildman–Crippen LogP) is 6.82. The van der Waals surface area contributed by atoms with Gasteiger partial charge < -0.3 is 4.57 Å². The van der Waals surface area contributed by atoms with Crippen LogP contribution in [0.25, 0.3) is 39.0 Å². The molecule has 0 radical (unpaired) electrons. The quantitative estimate of drug-likeness (QED) is 0.382. The zero-order chi connectivity index (χ0) is 17.8. The van der Waals surface area contributed by atoms with Crippen LogP contribution in [0.4, 0.5) is 0 Å². The van der Waals surface area contributed by atoms with Crippen LogP contribution in [-0.4, -0.2) is 10.8 Å². The number of thioether (sulfide) groups is 1. The third-order valence-electron chi connectivity index (χ3n) is 5.67. The molecule has 0 spiro atoms. The Morgan fingerprint density at radius 2 is 1.69 bits per heavy atom. The minimum atomic E-state index is 0.492. The number of aromatic nitrogens is 1. The Hall–Kier alpha value is -2.45. The monoisotopic (exact) mass is 355 g/mol. The molecule has 0 fully saturated rings. The molecule has 5 rings (SSSR count). The van der Waals surface area contributed by atoms with Crippen LogP contribution in [0.5, 0.6) is 0 Å². The van der Waals surface area contributed by atoms with Gasteiger partial charge in [0, 0.05) is 28.9 Å². The molecule has 1 aliphatic rings. The van der Waals surface area contributed by atoms with E-state index in [9.17, 15) is 0 Å². The fraction of sp³-hybridized carbons (Fsp3) is 0.167. The first kappa shape index (κ1) is 15.8. The molecule has 1 atom stereocenters. The van der Waals surface area contributed by atoms with Crippen molar-refractivity contribution in [3.8, 4) is 11.1 Å². The molecule has 1 aliphatic carbocycles. The fourth-order valence-electron chi connectivity index (χ4n) is 4.42. The Labute approximate surface area is 158 Å². The largest absolute Gasteiger partial charge is 0.344 e. The zero-order valence-corrected chi connectivity index (χ0v) is 16.1. The van der Waals surface area contributed by atoms with E-state index in [2.05, 4.69) is 91.5 Å². The van der Waals surface area contributed by atoms with Crippen LogP contribution in [0.1, 0.15) is 23.3 Å². The van der Waals surface area contributed by atoms with Crippen molar-refractivity contribution in [2.75, 3.05) is 6.26 Å². The number of aryl methyl sites for hydroxylation is 1. The Morgan fingerprint density at radius 1 is 0.885 bits per heavy atom. The summed E-state index contributed by atoms with van der Waals surface area (Å²) in [7, 11) is 2.15. The topological polar surface area (TPSA) is 4.93 Å². The number of hydrogen-bond acceptors (Lipinski definition) is 1. The summed E-state index contributed by atoms with van der Waals surface area (Å²) in [6.07, 6.45) is 4.57. The Bertz CT molecular complexity index is 1200. The van der Waals surface area contributed by atoms with E-state index >= 15 is 0 Å². The van der Waals surface area contributed by atoms with Crippen molar-refractivity contribution >= 4 is 39.6 Å². The van der Waals surface area contributed by atoms with Crippen molar-refractivity contribution in [2.24, 2.45) is 7.05 Å². The van der Waals surface area contributed by atoms with Crippen molar-refractivity contribution in [3.63, 3.8) is 0 Å². The minimum absolute atomic E-state index is 0.492. The third kappa shape index (κ3) is 2.12. The van der Waals surface area contributed by atoms with Gasteiger partial charge in [-0.15, -0.1) is 0 Å². The first-order chi connectivity index (χ1) is 12.7. The molecule has 0 N–H and O–H groups in total. The van der Waals surface area contributed by atoms with Gasteiger partial charge >= 0.3 is 0 Å². The van der Waals surface area contributed by atoms with Crippen molar-refractivity contribution in [1.29, 1.82) is 0 Å². The zero-order valence-electron chi connectivity index (χ0n) is 15.3. The maximum absolute atomic E-state index is 2.37. The van der Waals surface area contributed by atoms with Crippen molar-refractivity contribution in [1.82, 2.24) is 4.57 Å². The Morgan fingerprint density at radius 3 is 2.54 bits per heavy atom. The molecule has 0 saturated heterocycles. The molecule has 1 unspecified atom stereocenters. The maximum atomic E-state index is 2.37. The molecule has 2 heteroatoms.